The Morgan fingerprint density at radius 3 is 2.62 bits per heavy atom. The summed E-state index contributed by atoms with van der Waals surface area (Å²) in [6.45, 7) is 3.44. The third kappa shape index (κ3) is 4.11. The lowest BCUT2D eigenvalue weighted by Gasteiger charge is -2.24. The minimum atomic E-state index is -4.53. The lowest BCUT2D eigenvalue weighted by atomic mass is 9.84. The summed E-state index contributed by atoms with van der Waals surface area (Å²) < 4.78 is 19.6. The Morgan fingerprint density at radius 1 is 1.38 bits per heavy atom. The average molecular weight is 315 g/mol. The second-order valence-electron chi connectivity index (χ2n) is 5.14. The zero-order valence-corrected chi connectivity index (χ0v) is 12.8. The van der Waals surface area contributed by atoms with Gasteiger partial charge in [0.2, 0.25) is 0 Å². The van der Waals surface area contributed by atoms with Crippen LogP contribution in [0.25, 0.3) is 0 Å². The zero-order valence-electron chi connectivity index (χ0n) is 11.9. The maximum absolute atomic E-state index is 11.9. The normalized spacial score (nSPS) is 13.8. The number of carbonyl (C=O) groups is 1. The molecule has 0 saturated carbocycles. The molecule has 1 aromatic heterocycles. The highest BCUT2D eigenvalue weighted by molar-refractivity contribution is 7.46. The molecule has 21 heavy (non-hydrogen) atoms. The summed E-state index contributed by atoms with van der Waals surface area (Å²) in [5, 5.41) is 0. The first-order valence-electron chi connectivity index (χ1n) is 6.68. The van der Waals surface area contributed by atoms with Crippen LogP contribution in [-0.2, 0) is 26.7 Å². The molecule has 0 atom stereocenters. The van der Waals surface area contributed by atoms with Gasteiger partial charge < -0.3 is 14.5 Å². The van der Waals surface area contributed by atoms with Gasteiger partial charge in [0, 0.05) is 5.69 Å². The van der Waals surface area contributed by atoms with Gasteiger partial charge in [-0.25, -0.2) is 14.3 Å². The van der Waals surface area contributed by atoms with Crippen molar-refractivity contribution in [3.63, 3.8) is 0 Å². The molecule has 1 aliphatic carbocycles. The maximum Gasteiger partial charge on any atom is 0.469 e. The molecular formula is C13H18NO6P. The fourth-order valence-electron chi connectivity index (χ4n) is 2.19. The molecule has 0 spiro atoms. The van der Waals surface area contributed by atoms with Gasteiger partial charge in [-0.3, -0.25) is 4.52 Å². The Hall–Kier alpha value is -1.27. The largest absolute Gasteiger partial charge is 0.469 e. The van der Waals surface area contributed by atoms with Gasteiger partial charge in [0.05, 0.1) is 6.61 Å². The molecule has 1 aromatic rings. The molecule has 8 heteroatoms. The summed E-state index contributed by atoms with van der Waals surface area (Å²) in [6.07, 6.45) is 1.92. The smallest absolute Gasteiger partial charge is 0.458 e. The lowest BCUT2D eigenvalue weighted by molar-refractivity contribution is 0.0417. The minimum absolute atomic E-state index is 0.227. The average Bonchev–Trinajstić information content (AvgIpc) is 2.34. The third-order valence-corrected chi connectivity index (χ3v) is 3.74. The molecule has 0 unspecified atom stereocenters. The van der Waals surface area contributed by atoms with Crippen molar-refractivity contribution in [1.82, 2.24) is 4.98 Å². The van der Waals surface area contributed by atoms with Crippen LogP contribution in [0.2, 0.25) is 0 Å². The van der Waals surface area contributed by atoms with E-state index in [0.29, 0.717) is 0 Å². The Bertz CT molecular complexity index is 595. The predicted octanol–water partition coefficient (Wildman–Crippen LogP) is 1.57. The maximum atomic E-state index is 11.9. The van der Waals surface area contributed by atoms with Crippen molar-refractivity contribution in [3.05, 3.63) is 28.6 Å². The van der Waals surface area contributed by atoms with Gasteiger partial charge in [0.1, 0.15) is 12.3 Å². The summed E-state index contributed by atoms with van der Waals surface area (Å²) in [6, 6.07) is 1.72. The van der Waals surface area contributed by atoms with Crippen molar-refractivity contribution >= 4 is 13.8 Å². The molecule has 0 aliphatic heterocycles. The van der Waals surface area contributed by atoms with Crippen molar-refractivity contribution in [2.45, 2.75) is 32.6 Å². The first-order chi connectivity index (χ1) is 9.78. The molecule has 0 amide bonds. The molecule has 2 rings (SSSR count). The second kappa shape index (κ2) is 6.23. The van der Waals surface area contributed by atoms with Crippen LogP contribution in [0.3, 0.4) is 0 Å². The van der Waals surface area contributed by atoms with Gasteiger partial charge in [-0.05, 0) is 36.0 Å². The standard InChI is InChI=1S/C13H18NO6P/c1-8(2)12-10-4-3-9(10)7-11(14-12)13(15)19-5-6-20-21(16,17)18/h7-8H,3-6H2,1-2H3,(H2,16,17,18). The summed E-state index contributed by atoms with van der Waals surface area (Å²) in [5.41, 5.74) is 3.48. The van der Waals surface area contributed by atoms with Crippen molar-refractivity contribution in [1.29, 1.82) is 0 Å². The molecule has 2 N–H and O–H groups in total. The van der Waals surface area contributed by atoms with Crippen LogP contribution >= 0.6 is 7.82 Å². The van der Waals surface area contributed by atoms with E-state index in [4.69, 9.17) is 14.5 Å². The minimum Gasteiger partial charge on any atom is -0.458 e. The summed E-state index contributed by atoms with van der Waals surface area (Å²) in [5.74, 6) is -0.384. The number of carbonyl (C=O) groups excluding carboxylic acids is 1. The molecule has 116 valence electrons. The van der Waals surface area contributed by atoms with Gasteiger partial charge in [-0.15, -0.1) is 0 Å². The van der Waals surface area contributed by atoms with Crippen molar-refractivity contribution in [2.24, 2.45) is 0 Å². The fraction of sp³-hybridized carbons (Fsp3) is 0.538. The topological polar surface area (TPSA) is 106 Å². The number of pyridine rings is 1. The first-order valence-corrected chi connectivity index (χ1v) is 8.21. The SMILES string of the molecule is CC(C)c1nc(C(=O)OCCOP(=O)(O)O)cc2c1CC2. The number of fused-ring (bicyclic) bond motifs is 1. The molecule has 0 fully saturated rings. The number of aryl methyl sites for hydroxylation is 1. The monoisotopic (exact) mass is 315 g/mol. The van der Waals surface area contributed by atoms with E-state index in [2.05, 4.69) is 9.51 Å². The summed E-state index contributed by atoms with van der Waals surface area (Å²) in [7, 11) is -4.53. The Morgan fingerprint density at radius 2 is 2.10 bits per heavy atom. The first kappa shape index (κ1) is 16.1. The number of nitrogens with zero attached hydrogens (tertiary/aromatic N) is 1. The van der Waals surface area contributed by atoms with Gasteiger partial charge in [0.25, 0.3) is 0 Å². The van der Waals surface area contributed by atoms with Crippen LogP contribution in [0.5, 0.6) is 0 Å². The van der Waals surface area contributed by atoms with Gasteiger partial charge in [-0.2, -0.15) is 0 Å². The third-order valence-electron chi connectivity index (χ3n) is 3.22. The molecule has 0 radical (unpaired) electrons. The molecule has 7 nitrogen and oxygen atoms in total. The number of ether oxygens (including phenoxy) is 1. The van der Waals surface area contributed by atoms with E-state index < -0.39 is 13.8 Å². The lowest BCUT2D eigenvalue weighted by Crippen LogP contribution is -2.19. The number of phosphoric acid groups is 1. The van der Waals surface area contributed by atoms with Gasteiger partial charge >= 0.3 is 13.8 Å². The van der Waals surface area contributed by atoms with Crippen LogP contribution in [0.4, 0.5) is 0 Å². The summed E-state index contributed by atoms with van der Waals surface area (Å²) in [4.78, 5) is 33.3. The van der Waals surface area contributed by atoms with Crippen LogP contribution in [-0.4, -0.2) is 34.0 Å². The number of esters is 1. The van der Waals surface area contributed by atoms with Crippen molar-refractivity contribution in [3.8, 4) is 0 Å². The van der Waals surface area contributed by atoms with E-state index >= 15 is 0 Å². The number of aromatic nitrogens is 1. The molecule has 1 heterocycles. The number of hydrogen-bond donors (Lipinski definition) is 2. The van der Waals surface area contributed by atoms with Crippen molar-refractivity contribution in [2.75, 3.05) is 13.2 Å². The molecule has 0 saturated heterocycles. The fourth-order valence-corrected chi connectivity index (χ4v) is 2.50. The van der Waals surface area contributed by atoms with E-state index in [1.807, 2.05) is 13.8 Å². The van der Waals surface area contributed by atoms with E-state index in [9.17, 15) is 9.36 Å². The van der Waals surface area contributed by atoms with E-state index in [0.717, 1.165) is 24.1 Å². The Kier molecular flexibility index (Phi) is 4.78. The second-order valence-corrected chi connectivity index (χ2v) is 6.38. The van der Waals surface area contributed by atoms with E-state index in [1.54, 1.807) is 6.07 Å². The highest BCUT2D eigenvalue weighted by Gasteiger charge is 2.24. The number of rotatable bonds is 6. The Balaban J connectivity index is 1.98. The van der Waals surface area contributed by atoms with Gasteiger partial charge in [0.15, 0.2) is 0 Å². The zero-order chi connectivity index (χ0) is 15.6. The van der Waals surface area contributed by atoms with Crippen LogP contribution in [0.1, 0.15) is 47.1 Å². The van der Waals surface area contributed by atoms with E-state index in [-0.39, 0.29) is 24.8 Å². The molecule has 1 aliphatic rings. The quantitative estimate of drug-likeness (QED) is 0.466. The molecule has 0 bridgehead atoms. The van der Waals surface area contributed by atoms with Crippen LogP contribution < -0.4 is 0 Å². The van der Waals surface area contributed by atoms with Crippen LogP contribution in [0.15, 0.2) is 6.07 Å². The van der Waals surface area contributed by atoms with Gasteiger partial charge in [-0.1, -0.05) is 13.8 Å². The van der Waals surface area contributed by atoms with E-state index in [1.165, 1.54) is 5.56 Å². The van der Waals surface area contributed by atoms with Crippen LogP contribution in [0, 0.1) is 0 Å². The summed E-state index contributed by atoms with van der Waals surface area (Å²) >= 11 is 0. The predicted molar refractivity (Wildman–Crippen MR) is 74.0 cm³/mol. The Labute approximate surface area is 122 Å². The highest BCUT2D eigenvalue weighted by Crippen LogP contribution is 2.35. The van der Waals surface area contributed by atoms with Crippen molar-refractivity contribution < 1.29 is 28.4 Å². The number of phosphoric ester groups is 1. The number of hydrogen-bond acceptors (Lipinski definition) is 5. The molecule has 0 aromatic carbocycles. The molecular weight excluding hydrogens is 297 g/mol. The highest BCUT2D eigenvalue weighted by atomic mass is 31.2.